The highest BCUT2D eigenvalue weighted by atomic mass is 16.1. The van der Waals surface area contributed by atoms with Crippen LogP contribution in [0.5, 0.6) is 0 Å². The number of H-pyrrole nitrogens is 1. The van der Waals surface area contributed by atoms with Crippen LogP contribution in [0.1, 0.15) is 17.0 Å². The van der Waals surface area contributed by atoms with E-state index in [1.807, 2.05) is 24.3 Å². The molecule has 2 N–H and O–H groups in total. The highest BCUT2D eigenvalue weighted by molar-refractivity contribution is 5.86. The maximum atomic E-state index is 11.9. The highest BCUT2D eigenvalue weighted by Gasteiger charge is 2.19. The molecule has 2 aromatic rings. The fraction of sp³-hybridized carbons (Fsp3) is 0.154. The number of carbonyl (C=O) groups is 1. The molecule has 0 radical (unpaired) electrons. The van der Waals surface area contributed by atoms with E-state index in [9.17, 15) is 4.79 Å². The Morgan fingerprint density at radius 3 is 2.83 bits per heavy atom. The van der Waals surface area contributed by atoms with Gasteiger partial charge in [0.25, 0.3) is 0 Å². The smallest absolute Gasteiger partial charge is 0.242 e. The number of amides is 1. The normalized spacial score (nSPS) is 11.5. The van der Waals surface area contributed by atoms with Crippen LogP contribution in [0.25, 0.3) is 0 Å². The molecule has 18 heavy (non-hydrogen) atoms. The number of nitrogens with zero attached hydrogens (tertiary/aromatic N) is 2. The molecule has 5 heteroatoms. The van der Waals surface area contributed by atoms with Crippen molar-refractivity contribution in [2.45, 2.75) is 12.5 Å². The quantitative estimate of drug-likeness (QED) is 0.845. The predicted molar refractivity (Wildman–Crippen MR) is 65.2 cm³/mol. The van der Waals surface area contributed by atoms with E-state index in [1.54, 1.807) is 24.5 Å². The molecule has 1 aromatic heterocycles. The fourth-order valence-corrected chi connectivity index (χ4v) is 1.60. The summed E-state index contributed by atoms with van der Waals surface area (Å²) in [5.41, 5.74) is 1.57. The average molecular weight is 240 g/mol. The van der Waals surface area contributed by atoms with Gasteiger partial charge in [-0.05, 0) is 5.56 Å². The van der Waals surface area contributed by atoms with Gasteiger partial charge in [0.1, 0.15) is 5.92 Å². The molecule has 1 heterocycles. The first kappa shape index (κ1) is 11.9. The summed E-state index contributed by atoms with van der Waals surface area (Å²) >= 11 is 0. The van der Waals surface area contributed by atoms with Crippen molar-refractivity contribution in [1.82, 2.24) is 15.5 Å². The Balaban J connectivity index is 2.01. The summed E-state index contributed by atoms with van der Waals surface area (Å²) < 4.78 is 0. The second-order valence-corrected chi connectivity index (χ2v) is 3.80. The van der Waals surface area contributed by atoms with Crippen molar-refractivity contribution in [3.05, 3.63) is 53.9 Å². The molecule has 0 aliphatic rings. The van der Waals surface area contributed by atoms with Gasteiger partial charge in [-0.2, -0.15) is 10.4 Å². The maximum absolute atomic E-state index is 11.9. The summed E-state index contributed by atoms with van der Waals surface area (Å²) in [6.45, 7) is 0.361. The molecule has 0 bridgehead atoms. The number of nitrogens with one attached hydrogen (secondary N) is 2. The molecule has 1 atom stereocenters. The third kappa shape index (κ3) is 2.74. The lowest BCUT2D eigenvalue weighted by Gasteiger charge is -2.09. The minimum absolute atomic E-state index is 0.301. The summed E-state index contributed by atoms with van der Waals surface area (Å²) in [6, 6.07) is 11.0. The highest BCUT2D eigenvalue weighted by Crippen LogP contribution is 2.14. The van der Waals surface area contributed by atoms with E-state index in [0.29, 0.717) is 12.1 Å². The van der Waals surface area contributed by atoms with Gasteiger partial charge < -0.3 is 5.32 Å². The topological polar surface area (TPSA) is 81.6 Å². The number of rotatable bonds is 4. The number of aromatic amines is 1. The van der Waals surface area contributed by atoms with Gasteiger partial charge in [-0.15, -0.1) is 0 Å². The summed E-state index contributed by atoms with van der Waals surface area (Å²) in [7, 11) is 0. The van der Waals surface area contributed by atoms with Crippen LogP contribution in [-0.2, 0) is 11.3 Å². The Morgan fingerprint density at radius 1 is 1.44 bits per heavy atom. The molecule has 0 fully saturated rings. The van der Waals surface area contributed by atoms with Crippen LogP contribution in [0.15, 0.2) is 42.7 Å². The molecule has 0 aliphatic heterocycles. The van der Waals surface area contributed by atoms with Crippen LogP contribution < -0.4 is 5.32 Å². The second kappa shape index (κ2) is 5.64. The van der Waals surface area contributed by atoms with Crippen LogP contribution in [0.2, 0.25) is 0 Å². The van der Waals surface area contributed by atoms with Crippen LogP contribution in [0, 0.1) is 11.3 Å². The Kier molecular flexibility index (Phi) is 3.72. The number of hydrogen-bond donors (Lipinski definition) is 2. The molecule has 1 unspecified atom stereocenters. The zero-order valence-corrected chi connectivity index (χ0v) is 9.63. The first-order chi connectivity index (χ1) is 8.81. The lowest BCUT2D eigenvalue weighted by Crippen LogP contribution is -2.28. The van der Waals surface area contributed by atoms with Gasteiger partial charge in [-0.1, -0.05) is 30.3 Å². The van der Waals surface area contributed by atoms with Crippen molar-refractivity contribution >= 4 is 5.91 Å². The lowest BCUT2D eigenvalue weighted by molar-refractivity contribution is -0.121. The minimum atomic E-state index is -0.780. The van der Waals surface area contributed by atoms with Crippen molar-refractivity contribution < 1.29 is 4.79 Å². The van der Waals surface area contributed by atoms with Gasteiger partial charge in [0.15, 0.2) is 0 Å². The number of aromatic nitrogens is 2. The number of carbonyl (C=O) groups excluding carboxylic acids is 1. The molecular weight excluding hydrogens is 228 g/mol. The Hall–Kier alpha value is -2.61. The largest absolute Gasteiger partial charge is 0.350 e. The van der Waals surface area contributed by atoms with Gasteiger partial charge in [0.2, 0.25) is 5.91 Å². The Morgan fingerprint density at radius 2 is 2.22 bits per heavy atom. The van der Waals surface area contributed by atoms with Gasteiger partial charge in [-0.25, -0.2) is 0 Å². The molecule has 0 saturated carbocycles. The molecular formula is C13H12N4O. The summed E-state index contributed by atoms with van der Waals surface area (Å²) in [6.07, 6.45) is 3.33. The standard InChI is InChI=1S/C13H12N4O/c14-6-12(11-4-2-1-3-5-11)13(18)15-7-10-8-16-17-9-10/h1-5,8-9,12H,7H2,(H,15,18)(H,16,17). The SMILES string of the molecule is N#CC(C(=O)NCc1cn[nH]c1)c1ccccc1. The molecule has 5 nitrogen and oxygen atoms in total. The monoisotopic (exact) mass is 240 g/mol. The van der Waals surface area contributed by atoms with Gasteiger partial charge in [0, 0.05) is 18.3 Å². The third-order valence-electron chi connectivity index (χ3n) is 2.55. The second-order valence-electron chi connectivity index (χ2n) is 3.80. The van der Waals surface area contributed by atoms with Crippen molar-refractivity contribution in [1.29, 1.82) is 5.26 Å². The summed E-state index contributed by atoms with van der Waals surface area (Å²) in [5.74, 6) is -1.08. The number of benzene rings is 1. The predicted octanol–water partition coefficient (Wildman–Crippen LogP) is 1.33. The summed E-state index contributed by atoms with van der Waals surface area (Å²) in [5, 5.41) is 18.2. The Bertz CT molecular complexity index is 542. The van der Waals surface area contributed by atoms with Crippen molar-refractivity contribution in [3.8, 4) is 6.07 Å². The molecule has 0 spiro atoms. The van der Waals surface area contributed by atoms with E-state index < -0.39 is 5.92 Å². The first-order valence-corrected chi connectivity index (χ1v) is 5.51. The van der Waals surface area contributed by atoms with E-state index in [2.05, 4.69) is 15.5 Å². The van der Waals surface area contributed by atoms with Crippen molar-refractivity contribution in [3.63, 3.8) is 0 Å². The Labute approximate surface area is 104 Å². The summed E-state index contributed by atoms with van der Waals surface area (Å²) in [4.78, 5) is 11.9. The zero-order valence-electron chi connectivity index (χ0n) is 9.63. The van der Waals surface area contributed by atoms with Gasteiger partial charge in [-0.3, -0.25) is 9.89 Å². The van der Waals surface area contributed by atoms with E-state index >= 15 is 0 Å². The molecule has 90 valence electrons. The zero-order chi connectivity index (χ0) is 12.8. The van der Waals surface area contributed by atoms with Crippen LogP contribution >= 0.6 is 0 Å². The van der Waals surface area contributed by atoms with Crippen LogP contribution in [0.4, 0.5) is 0 Å². The molecule has 0 saturated heterocycles. The van der Waals surface area contributed by atoms with Crippen molar-refractivity contribution in [2.24, 2.45) is 0 Å². The van der Waals surface area contributed by atoms with E-state index in [1.165, 1.54) is 0 Å². The van der Waals surface area contributed by atoms with Gasteiger partial charge in [0.05, 0.1) is 12.3 Å². The molecule has 1 amide bonds. The maximum Gasteiger partial charge on any atom is 0.242 e. The van der Waals surface area contributed by atoms with E-state index in [-0.39, 0.29) is 5.91 Å². The van der Waals surface area contributed by atoms with Gasteiger partial charge >= 0.3 is 0 Å². The molecule has 2 rings (SSSR count). The number of hydrogen-bond acceptors (Lipinski definition) is 3. The average Bonchev–Trinajstić information content (AvgIpc) is 2.92. The minimum Gasteiger partial charge on any atom is -0.350 e. The first-order valence-electron chi connectivity index (χ1n) is 5.51. The third-order valence-corrected chi connectivity index (χ3v) is 2.55. The number of nitriles is 1. The van der Waals surface area contributed by atoms with Crippen LogP contribution in [0.3, 0.4) is 0 Å². The van der Waals surface area contributed by atoms with Crippen LogP contribution in [-0.4, -0.2) is 16.1 Å². The van der Waals surface area contributed by atoms with Crippen molar-refractivity contribution in [2.75, 3.05) is 0 Å². The lowest BCUT2D eigenvalue weighted by atomic mass is 10.00. The van der Waals surface area contributed by atoms with E-state index in [4.69, 9.17) is 5.26 Å². The molecule has 0 aliphatic carbocycles. The van der Waals surface area contributed by atoms with E-state index in [0.717, 1.165) is 5.56 Å². The molecule has 1 aromatic carbocycles. The fourth-order valence-electron chi connectivity index (χ4n) is 1.60.